The lowest BCUT2D eigenvalue weighted by Gasteiger charge is -2.28. The van der Waals surface area contributed by atoms with E-state index in [0.29, 0.717) is 6.54 Å². The van der Waals surface area contributed by atoms with Gasteiger partial charge in [0.05, 0.1) is 25.9 Å². The zero-order chi connectivity index (χ0) is 22.5. The second kappa shape index (κ2) is 9.62. The van der Waals surface area contributed by atoms with Gasteiger partial charge in [-0.3, -0.25) is 4.90 Å². The third kappa shape index (κ3) is 4.33. The van der Waals surface area contributed by atoms with E-state index >= 15 is 0 Å². The number of hydrogen-bond donors (Lipinski definition) is 0. The summed E-state index contributed by atoms with van der Waals surface area (Å²) in [6.07, 6.45) is 0. The normalized spacial score (nSPS) is 12.0. The van der Waals surface area contributed by atoms with Crippen molar-refractivity contribution in [1.29, 1.82) is 0 Å². The van der Waals surface area contributed by atoms with Gasteiger partial charge < -0.3 is 9.47 Å². The molecule has 1 heterocycles. The summed E-state index contributed by atoms with van der Waals surface area (Å²) in [5.41, 5.74) is 4.18. The number of rotatable bonds is 8. The van der Waals surface area contributed by atoms with Crippen LogP contribution in [0.15, 0.2) is 72.8 Å². The van der Waals surface area contributed by atoms with Crippen LogP contribution in [0.5, 0.6) is 11.5 Å². The van der Waals surface area contributed by atoms with Gasteiger partial charge >= 0.3 is 0 Å². The van der Waals surface area contributed by atoms with Gasteiger partial charge in [-0.05, 0) is 59.8 Å². The third-order valence-electron chi connectivity index (χ3n) is 5.55. The SMILES string of the molecule is COc1ccc(OC)c(CN(C)C(c2ccccc2)c2nnnn2-c2ccccc2C)c1. The van der Waals surface area contributed by atoms with Crippen molar-refractivity contribution in [3.05, 3.63) is 95.3 Å². The van der Waals surface area contributed by atoms with Gasteiger partial charge in [0.15, 0.2) is 5.82 Å². The molecule has 0 aliphatic heterocycles. The molecule has 1 unspecified atom stereocenters. The number of tetrazole rings is 1. The Morgan fingerprint density at radius 2 is 1.69 bits per heavy atom. The lowest BCUT2D eigenvalue weighted by atomic mass is 10.0. The van der Waals surface area contributed by atoms with Crippen molar-refractivity contribution in [2.24, 2.45) is 0 Å². The summed E-state index contributed by atoms with van der Waals surface area (Å²) in [6, 6.07) is 24.0. The van der Waals surface area contributed by atoms with Crippen LogP contribution in [0.2, 0.25) is 0 Å². The fraction of sp³-hybridized carbons (Fsp3) is 0.240. The Morgan fingerprint density at radius 3 is 2.41 bits per heavy atom. The zero-order valence-electron chi connectivity index (χ0n) is 18.8. The number of methoxy groups -OCH3 is 2. The van der Waals surface area contributed by atoms with Gasteiger partial charge in [-0.25, -0.2) is 0 Å². The predicted octanol–water partition coefficient (Wildman–Crippen LogP) is 4.21. The van der Waals surface area contributed by atoms with Crippen LogP contribution in [0, 0.1) is 6.92 Å². The van der Waals surface area contributed by atoms with Crippen molar-refractivity contribution in [3.8, 4) is 17.2 Å². The predicted molar refractivity (Wildman–Crippen MR) is 123 cm³/mol. The summed E-state index contributed by atoms with van der Waals surface area (Å²) in [5, 5.41) is 12.8. The average Bonchev–Trinajstić information content (AvgIpc) is 3.29. The fourth-order valence-electron chi connectivity index (χ4n) is 3.94. The standard InChI is InChI=1S/C25H27N5O2/c1-18-10-8-9-13-22(18)30-25(26-27-28-30)24(19-11-6-5-7-12-19)29(2)17-20-16-21(31-3)14-15-23(20)32-4/h5-16,24H,17H2,1-4H3. The fourth-order valence-corrected chi connectivity index (χ4v) is 3.94. The number of ether oxygens (including phenoxy) is 2. The second-order valence-corrected chi connectivity index (χ2v) is 7.64. The Bertz CT molecular complexity index is 1180. The van der Waals surface area contributed by atoms with E-state index in [4.69, 9.17) is 9.47 Å². The maximum Gasteiger partial charge on any atom is 0.178 e. The molecule has 0 N–H and O–H groups in total. The van der Waals surface area contributed by atoms with Crippen LogP contribution in [-0.2, 0) is 6.54 Å². The van der Waals surface area contributed by atoms with E-state index in [2.05, 4.69) is 52.6 Å². The van der Waals surface area contributed by atoms with Crippen molar-refractivity contribution in [3.63, 3.8) is 0 Å². The van der Waals surface area contributed by atoms with Crippen LogP contribution < -0.4 is 9.47 Å². The molecule has 0 saturated heterocycles. The first-order valence-electron chi connectivity index (χ1n) is 10.4. The number of aryl methyl sites for hydroxylation is 1. The topological polar surface area (TPSA) is 65.3 Å². The molecule has 0 saturated carbocycles. The van der Waals surface area contributed by atoms with Crippen LogP contribution in [0.1, 0.15) is 28.6 Å². The van der Waals surface area contributed by atoms with Gasteiger partial charge in [-0.1, -0.05) is 48.5 Å². The van der Waals surface area contributed by atoms with E-state index in [9.17, 15) is 0 Å². The summed E-state index contributed by atoms with van der Waals surface area (Å²) in [7, 11) is 5.41. The highest BCUT2D eigenvalue weighted by atomic mass is 16.5. The minimum atomic E-state index is -0.179. The van der Waals surface area contributed by atoms with Crippen molar-refractivity contribution in [2.75, 3.05) is 21.3 Å². The molecule has 7 heteroatoms. The molecule has 164 valence electrons. The Balaban J connectivity index is 1.78. The Kier molecular flexibility index (Phi) is 6.47. The van der Waals surface area contributed by atoms with Gasteiger partial charge in [0.25, 0.3) is 0 Å². The third-order valence-corrected chi connectivity index (χ3v) is 5.55. The number of nitrogens with zero attached hydrogens (tertiary/aromatic N) is 5. The second-order valence-electron chi connectivity index (χ2n) is 7.64. The molecule has 0 bridgehead atoms. The quantitative estimate of drug-likeness (QED) is 0.418. The first-order valence-corrected chi connectivity index (χ1v) is 10.4. The molecule has 0 spiro atoms. The molecule has 0 aliphatic carbocycles. The number of aromatic nitrogens is 4. The van der Waals surface area contributed by atoms with Gasteiger partial charge in [0.1, 0.15) is 11.5 Å². The highest BCUT2D eigenvalue weighted by Crippen LogP contribution is 2.32. The van der Waals surface area contributed by atoms with E-state index in [1.54, 1.807) is 14.2 Å². The van der Waals surface area contributed by atoms with Gasteiger partial charge in [0, 0.05) is 12.1 Å². The van der Waals surface area contributed by atoms with Crippen LogP contribution >= 0.6 is 0 Å². The largest absolute Gasteiger partial charge is 0.497 e. The molecule has 0 fully saturated rings. The molecular formula is C25H27N5O2. The number of benzene rings is 3. The smallest absolute Gasteiger partial charge is 0.178 e. The molecule has 3 aromatic carbocycles. The Morgan fingerprint density at radius 1 is 0.938 bits per heavy atom. The minimum absolute atomic E-state index is 0.179. The Hall–Kier alpha value is -3.71. The van der Waals surface area contributed by atoms with E-state index in [1.807, 2.05) is 59.3 Å². The maximum atomic E-state index is 5.60. The van der Waals surface area contributed by atoms with Crippen molar-refractivity contribution < 1.29 is 9.47 Å². The lowest BCUT2D eigenvalue weighted by Crippen LogP contribution is -2.28. The van der Waals surface area contributed by atoms with Crippen LogP contribution in [0.3, 0.4) is 0 Å². The maximum absolute atomic E-state index is 5.60. The molecule has 1 aromatic heterocycles. The molecular weight excluding hydrogens is 402 g/mol. The van der Waals surface area contributed by atoms with Crippen molar-refractivity contribution >= 4 is 0 Å². The highest BCUT2D eigenvalue weighted by molar-refractivity contribution is 5.42. The molecule has 1 atom stereocenters. The Labute approximate surface area is 188 Å². The van der Waals surface area contributed by atoms with E-state index < -0.39 is 0 Å². The molecule has 4 aromatic rings. The summed E-state index contributed by atoms with van der Waals surface area (Å²) in [5.74, 6) is 2.34. The molecule has 0 aliphatic rings. The molecule has 32 heavy (non-hydrogen) atoms. The first-order chi connectivity index (χ1) is 15.6. The summed E-state index contributed by atoms with van der Waals surface area (Å²) >= 11 is 0. The molecule has 4 rings (SSSR count). The average molecular weight is 430 g/mol. The van der Waals surface area contributed by atoms with E-state index in [1.165, 1.54) is 0 Å². The summed E-state index contributed by atoms with van der Waals surface area (Å²) in [6.45, 7) is 2.67. The molecule has 0 radical (unpaired) electrons. The van der Waals surface area contributed by atoms with Gasteiger partial charge in [0.2, 0.25) is 0 Å². The number of para-hydroxylation sites is 1. The zero-order valence-corrected chi connectivity index (χ0v) is 18.8. The van der Waals surface area contributed by atoms with Gasteiger partial charge in [-0.15, -0.1) is 5.10 Å². The van der Waals surface area contributed by atoms with Crippen molar-refractivity contribution in [1.82, 2.24) is 25.1 Å². The van der Waals surface area contributed by atoms with Crippen LogP contribution in [0.4, 0.5) is 0 Å². The first kappa shape index (κ1) is 21.5. The number of hydrogen-bond acceptors (Lipinski definition) is 6. The van der Waals surface area contributed by atoms with Crippen LogP contribution in [0.25, 0.3) is 5.69 Å². The van der Waals surface area contributed by atoms with E-state index in [0.717, 1.165) is 39.7 Å². The molecule has 0 amide bonds. The van der Waals surface area contributed by atoms with Crippen molar-refractivity contribution in [2.45, 2.75) is 19.5 Å². The molecule has 7 nitrogen and oxygen atoms in total. The lowest BCUT2D eigenvalue weighted by molar-refractivity contribution is 0.253. The van der Waals surface area contributed by atoms with Crippen LogP contribution in [-0.4, -0.2) is 46.4 Å². The van der Waals surface area contributed by atoms with E-state index in [-0.39, 0.29) is 6.04 Å². The summed E-state index contributed by atoms with van der Waals surface area (Å²) < 4.78 is 12.9. The van der Waals surface area contributed by atoms with Gasteiger partial charge in [-0.2, -0.15) is 4.68 Å². The monoisotopic (exact) mass is 429 g/mol. The summed E-state index contributed by atoms with van der Waals surface area (Å²) in [4.78, 5) is 2.22. The minimum Gasteiger partial charge on any atom is -0.497 e. The highest BCUT2D eigenvalue weighted by Gasteiger charge is 2.27.